The SMILES string of the molecule is Fc1c(F)c(F)c2c(F)c(F)c(Cl)nc2c1F. The summed E-state index contributed by atoms with van der Waals surface area (Å²) >= 11 is 5.08. The molecule has 0 N–H and O–H groups in total. The first kappa shape index (κ1) is 12.0. The Kier molecular flexibility index (Phi) is 2.65. The molecule has 0 saturated heterocycles. The lowest BCUT2D eigenvalue weighted by Gasteiger charge is -2.06. The fourth-order valence-corrected chi connectivity index (χ4v) is 1.44. The van der Waals surface area contributed by atoms with Crippen molar-refractivity contribution in [2.24, 2.45) is 0 Å². The first-order valence-electron chi connectivity index (χ1n) is 4.02. The van der Waals surface area contributed by atoms with E-state index in [2.05, 4.69) is 4.98 Å². The molecule has 0 radical (unpaired) electrons. The summed E-state index contributed by atoms with van der Waals surface area (Å²) in [5, 5.41) is -2.54. The number of hydrogen-bond acceptors (Lipinski definition) is 1. The third kappa shape index (κ3) is 1.53. The molecule has 17 heavy (non-hydrogen) atoms. The van der Waals surface area contributed by atoms with Crippen LogP contribution in [-0.2, 0) is 0 Å². The van der Waals surface area contributed by atoms with E-state index < -0.39 is 51.0 Å². The highest BCUT2D eigenvalue weighted by molar-refractivity contribution is 6.30. The number of rotatable bonds is 0. The normalized spacial score (nSPS) is 11.2. The largest absolute Gasteiger partial charge is 0.229 e. The highest BCUT2D eigenvalue weighted by atomic mass is 35.5. The van der Waals surface area contributed by atoms with E-state index in [0.717, 1.165) is 0 Å². The Morgan fingerprint density at radius 2 is 1.12 bits per heavy atom. The third-order valence-electron chi connectivity index (χ3n) is 2.05. The highest BCUT2D eigenvalue weighted by Crippen LogP contribution is 2.30. The number of nitrogens with zero attached hydrogens (tertiary/aromatic N) is 1. The van der Waals surface area contributed by atoms with E-state index in [4.69, 9.17) is 11.6 Å². The molecule has 2 rings (SSSR count). The van der Waals surface area contributed by atoms with Gasteiger partial charge < -0.3 is 0 Å². The van der Waals surface area contributed by atoms with Crippen molar-refractivity contribution in [3.63, 3.8) is 0 Å². The van der Waals surface area contributed by atoms with Gasteiger partial charge in [-0.3, -0.25) is 0 Å². The quantitative estimate of drug-likeness (QED) is 0.308. The molecular weight excluding hydrogens is 272 g/mol. The van der Waals surface area contributed by atoms with Crippen LogP contribution in [0.5, 0.6) is 0 Å². The van der Waals surface area contributed by atoms with E-state index in [9.17, 15) is 26.3 Å². The molecule has 0 aliphatic heterocycles. The lowest BCUT2D eigenvalue weighted by atomic mass is 10.1. The van der Waals surface area contributed by atoms with Crippen molar-refractivity contribution in [2.45, 2.75) is 0 Å². The van der Waals surface area contributed by atoms with Gasteiger partial charge in [0.25, 0.3) is 0 Å². The minimum Gasteiger partial charge on any atom is -0.229 e. The van der Waals surface area contributed by atoms with Crippen LogP contribution in [0.1, 0.15) is 0 Å². The number of fused-ring (bicyclic) bond motifs is 1. The molecule has 0 atom stereocenters. The van der Waals surface area contributed by atoms with E-state index in [1.54, 1.807) is 0 Å². The fourth-order valence-electron chi connectivity index (χ4n) is 1.27. The first-order chi connectivity index (χ1) is 7.86. The molecule has 1 aromatic heterocycles. The molecule has 1 aromatic carbocycles. The lowest BCUT2D eigenvalue weighted by Crippen LogP contribution is -2.04. The van der Waals surface area contributed by atoms with Gasteiger partial charge >= 0.3 is 0 Å². The summed E-state index contributed by atoms with van der Waals surface area (Å²) in [6.45, 7) is 0. The second-order valence-electron chi connectivity index (χ2n) is 3.01. The Labute approximate surface area is 94.6 Å². The van der Waals surface area contributed by atoms with Gasteiger partial charge in [-0.1, -0.05) is 11.6 Å². The molecule has 0 aliphatic carbocycles. The second-order valence-corrected chi connectivity index (χ2v) is 3.37. The van der Waals surface area contributed by atoms with Gasteiger partial charge in [0, 0.05) is 0 Å². The standard InChI is InChI=1S/C9ClF6N/c10-9-7(16)3(12)1-2(11)4(13)5(14)6(15)8(1)17-9. The van der Waals surface area contributed by atoms with E-state index in [1.807, 2.05) is 0 Å². The third-order valence-corrected chi connectivity index (χ3v) is 2.30. The topological polar surface area (TPSA) is 12.9 Å². The Balaban J connectivity index is 3.12. The van der Waals surface area contributed by atoms with Crippen LogP contribution < -0.4 is 0 Å². The van der Waals surface area contributed by atoms with Crippen LogP contribution in [0, 0.1) is 34.9 Å². The number of benzene rings is 1. The molecule has 0 amide bonds. The van der Waals surface area contributed by atoms with E-state index in [1.165, 1.54) is 0 Å². The summed E-state index contributed by atoms with van der Waals surface area (Å²) in [5.74, 6) is -12.2. The smallest absolute Gasteiger partial charge is 0.199 e. The molecule has 8 heteroatoms. The summed E-state index contributed by atoms with van der Waals surface area (Å²) < 4.78 is 78.0. The van der Waals surface area contributed by atoms with Gasteiger partial charge in [0.2, 0.25) is 0 Å². The Hall–Kier alpha value is -1.50. The minimum atomic E-state index is -2.25. The summed E-state index contributed by atoms with van der Waals surface area (Å²) in [4.78, 5) is 2.93. The number of halogens is 7. The van der Waals surface area contributed by atoms with Crippen molar-refractivity contribution in [1.82, 2.24) is 4.98 Å². The molecule has 0 aliphatic rings. The molecule has 1 heterocycles. The fraction of sp³-hybridized carbons (Fsp3) is 0. The second kappa shape index (κ2) is 3.76. The predicted octanol–water partition coefficient (Wildman–Crippen LogP) is 3.72. The van der Waals surface area contributed by atoms with Gasteiger partial charge in [-0.05, 0) is 0 Å². The van der Waals surface area contributed by atoms with Crippen molar-refractivity contribution in [2.75, 3.05) is 0 Å². The average Bonchev–Trinajstić information content (AvgIpc) is 2.30. The van der Waals surface area contributed by atoms with Crippen LogP contribution >= 0.6 is 11.6 Å². The molecule has 0 bridgehead atoms. The van der Waals surface area contributed by atoms with Gasteiger partial charge in [-0.25, -0.2) is 31.3 Å². The maximum Gasteiger partial charge on any atom is 0.199 e. The van der Waals surface area contributed by atoms with Crippen LogP contribution in [0.25, 0.3) is 10.9 Å². The summed E-state index contributed by atoms with van der Waals surface area (Å²) in [6.07, 6.45) is 0. The number of pyridine rings is 1. The van der Waals surface area contributed by atoms with Crippen molar-refractivity contribution < 1.29 is 26.3 Å². The van der Waals surface area contributed by atoms with Crippen molar-refractivity contribution in [3.05, 3.63) is 40.1 Å². The molecule has 0 unspecified atom stereocenters. The maximum atomic E-state index is 13.2. The molecule has 1 nitrogen and oxygen atoms in total. The van der Waals surface area contributed by atoms with Crippen molar-refractivity contribution >= 4 is 22.5 Å². The average molecular weight is 272 g/mol. The molecule has 0 fully saturated rings. The van der Waals surface area contributed by atoms with Crippen LogP contribution in [0.3, 0.4) is 0 Å². The summed E-state index contributed by atoms with van der Waals surface area (Å²) in [7, 11) is 0. The molecule has 0 spiro atoms. The Morgan fingerprint density at radius 3 is 1.71 bits per heavy atom. The predicted molar refractivity (Wildman–Crippen MR) is 46.5 cm³/mol. The first-order valence-corrected chi connectivity index (χ1v) is 4.40. The highest BCUT2D eigenvalue weighted by Gasteiger charge is 2.26. The monoisotopic (exact) mass is 271 g/mol. The molecular formula is C9ClF6N. The Morgan fingerprint density at radius 1 is 0.647 bits per heavy atom. The molecule has 90 valence electrons. The van der Waals surface area contributed by atoms with E-state index in [-0.39, 0.29) is 0 Å². The van der Waals surface area contributed by atoms with Gasteiger partial charge in [-0.15, -0.1) is 0 Å². The van der Waals surface area contributed by atoms with Gasteiger partial charge in [0.1, 0.15) is 5.52 Å². The Bertz CT molecular complexity index is 633. The zero-order valence-electron chi connectivity index (χ0n) is 7.59. The zero-order chi connectivity index (χ0) is 12.9. The van der Waals surface area contributed by atoms with Crippen LogP contribution in [-0.4, -0.2) is 4.98 Å². The van der Waals surface area contributed by atoms with E-state index >= 15 is 0 Å². The van der Waals surface area contributed by atoms with Crippen molar-refractivity contribution in [3.8, 4) is 0 Å². The van der Waals surface area contributed by atoms with Gasteiger partial charge in [0.15, 0.2) is 40.1 Å². The number of hydrogen-bond donors (Lipinski definition) is 0. The van der Waals surface area contributed by atoms with Crippen LogP contribution in [0.15, 0.2) is 0 Å². The summed E-state index contributed by atoms with van der Waals surface area (Å²) in [5.41, 5.74) is -1.22. The summed E-state index contributed by atoms with van der Waals surface area (Å²) in [6, 6.07) is 0. The van der Waals surface area contributed by atoms with Crippen LogP contribution in [0.4, 0.5) is 26.3 Å². The minimum absolute atomic E-state index is 1.11. The zero-order valence-corrected chi connectivity index (χ0v) is 8.35. The van der Waals surface area contributed by atoms with Gasteiger partial charge in [-0.2, -0.15) is 0 Å². The maximum absolute atomic E-state index is 13.2. The lowest BCUT2D eigenvalue weighted by molar-refractivity contribution is 0.413. The van der Waals surface area contributed by atoms with Crippen LogP contribution in [0.2, 0.25) is 5.15 Å². The number of aromatic nitrogens is 1. The molecule has 0 saturated carbocycles. The van der Waals surface area contributed by atoms with Crippen molar-refractivity contribution in [1.29, 1.82) is 0 Å². The van der Waals surface area contributed by atoms with E-state index in [0.29, 0.717) is 0 Å². The molecule has 2 aromatic rings. The van der Waals surface area contributed by atoms with Gasteiger partial charge in [0.05, 0.1) is 5.39 Å².